The lowest BCUT2D eigenvalue weighted by atomic mass is 10.5. The maximum absolute atomic E-state index is 11.5. The average Bonchev–Trinajstić information content (AvgIpc) is 2.51. The Kier molecular flexibility index (Phi) is 3.73. The van der Waals surface area contributed by atoms with Crippen LogP contribution in [0.5, 0.6) is 0 Å². The molecule has 0 spiro atoms. The number of nitrogens with two attached hydrogens (primary N) is 1. The first-order valence-electron chi connectivity index (χ1n) is 4.92. The Balaban J connectivity index is 2.40. The molecule has 0 atom stereocenters. The number of sulfone groups is 1. The van der Waals surface area contributed by atoms with Crippen LogP contribution in [0.15, 0.2) is 12.3 Å². The van der Waals surface area contributed by atoms with Gasteiger partial charge in [-0.05, 0) is 26.3 Å². The molecule has 5 nitrogen and oxygen atoms in total. The molecule has 1 heterocycles. The Morgan fingerprint density at radius 2 is 2.20 bits per heavy atom. The summed E-state index contributed by atoms with van der Waals surface area (Å²) in [6.07, 6.45) is 2.32. The van der Waals surface area contributed by atoms with Crippen LogP contribution in [0.1, 0.15) is 20.3 Å². The van der Waals surface area contributed by atoms with Crippen molar-refractivity contribution in [3.63, 3.8) is 0 Å². The minimum Gasteiger partial charge on any atom is -0.382 e. The molecule has 0 amide bonds. The van der Waals surface area contributed by atoms with Crippen LogP contribution in [0.2, 0.25) is 0 Å². The summed E-state index contributed by atoms with van der Waals surface area (Å²) in [4.78, 5) is 0. The normalized spacial score (nSPS) is 12.2. The molecular weight excluding hydrogens is 214 g/mol. The summed E-state index contributed by atoms with van der Waals surface area (Å²) in [5.41, 5.74) is 5.43. The maximum Gasteiger partial charge on any atom is 0.152 e. The van der Waals surface area contributed by atoms with Gasteiger partial charge in [0, 0.05) is 12.7 Å². The predicted octanol–water partition coefficient (Wildman–Crippen LogP) is 0.679. The molecule has 0 aliphatic heterocycles. The quantitative estimate of drug-likeness (QED) is 0.808. The molecule has 0 saturated heterocycles. The fraction of sp³-hybridized carbons (Fsp3) is 0.667. The molecule has 1 aromatic rings. The van der Waals surface area contributed by atoms with Gasteiger partial charge in [-0.15, -0.1) is 0 Å². The van der Waals surface area contributed by atoms with E-state index in [2.05, 4.69) is 5.10 Å². The molecule has 15 heavy (non-hydrogen) atoms. The lowest BCUT2D eigenvalue weighted by molar-refractivity contribution is 0.567. The van der Waals surface area contributed by atoms with Gasteiger partial charge in [0.15, 0.2) is 9.84 Å². The second-order valence-corrected chi connectivity index (χ2v) is 6.45. The van der Waals surface area contributed by atoms with E-state index in [9.17, 15) is 8.42 Å². The van der Waals surface area contributed by atoms with Crippen molar-refractivity contribution >= 4 is 15.7 Å². The van der Waals surface area contributed by atoms with Crippen molar-refractivity contribution < 1.29 is 8.42 Å². The largest absolute Gasteiger partial charge is 0.382 e. The SMILES string of the molecule is CC(C)S(=O)(=O)CCCn1ccc(N)n1. The Morgan fingerprint density at radius 1 is 1.53 bits per heavy atom. The number of hydrogen-bond donors (Lipinski definition) is 1. The van der Waals surface area contributed by atoms with E-state index in [0.717, 1.165) is 0 Å². The van der Waals surface area contributed by atoms with Crippen LogP contribution in [0, 0.1) is 0 Å². The highest BCUT2D eigenvalue weighted by Gasteiger charge is 2.15. The smallest absolute Gasteiger partial charge is 0.152 e. The third-order valence-electron chi connectivity index (χ3n) is 2.20. The van der Waals surface area contributed by atoms with Crippen molar-refractivity contribution in [1.29, 1.82) is 0 Å². The first-order chi connectivity index (χ1) is 6.92. The number of anilines is 1. The summed E-state index contributed by atoms with van der Waals surface area (Å²) < 4.78 is 24.6. The van der Waals surface area contributed by atoms with Gasteiger partial charge in [0.05, 0.1) is 11.0 Å². The van der Waals surface area contributed by atoms with Crippen LogP contribution in [-0.4, -0.2) is 29.2 Å². The first kappa shape index (κ1) is 12.0. The fourth-order valence-electron chi connectivity index (χ4n) is 1.17. The van der Waals surface area contributed by atoms with Crippen LogP contribution in [0.4, 0.5) is 5.82 Å². The first-order valence-corrected chi connectivity index (χ1v) is 6.64. The third-order valence-corrected chi connectivity index (χ3v) is 4.49. The van der Waals surface area contributed by atoms with Crippen LogP contribution >= 0.6 is 0 Å². The standard InChI is InChI=1S/C9H17N3O2S/c1-8(2)15(13,14)7-3-5-12-6-4-9(10)11-12/h4,6,8H,3,5,7H2,1-2H3,(H2,10,11). The Bertz CT molecular complexity index is 409. The monoisotopic (exact) mass is 231 g/mol. The Labute approximate surface area is 90.2 Å². The average molecular weight is 231 g/mol. The fourth-order valence-corrected chi connectivity index (χ4v) is 2.17. The minimum atomic E-state index is -2.93. The van der Waals surface area contributed by atoms with E-state index >= 15 is 0 Å². The van der Waals surface area contributed by atoms with Crippen molar-refractivity contribution in [3.05, 3.63) is 12.3 Å². The highest BCUT2D eigenvalue weighted by molar-refractivity contribution is 7.91. The van der Waals surface area contributed by atoms with Crippen molar-refractivity contribution in [2.45, 2.75) is 32.1 Å². The number of nitrogen functional groups attached to an aromatic ring is 1. The number of hydrogen-bond acceptors (Lipinski definition) is 4. The number of rotatable bonds is 5. The van der Waals surface area contributed by atoms with Gasteiger partial charge in [0.2, 0.25) is 0 Å². The Morgan fingerprint density at radius 3 is 2.67 bits per heavy atom. The molecule has 0 bridgehead atoms. The summed E-state index contributed by atoms with van der Waals surface area (Å²) >= 11 is 0. The van der Waals surface area contributed by atoms with Gasteiger partial charge in [-0.2, -0.15) is 5.10 Å². The van der Waals surface area contributed by atoms with Gasteiger partial charge in [-0.25, -0.2) is 8.42 Å². The third kappa shape index (κ3) is 3.54. The van der Waals surface area contributed by atoms with E-state index in [1.807, 2.05) is 0 Å². The molecule has 1 rings (SSSR count). The van der Waals surface area contributed by atoms with E-state index in [-0.39, 0.29) is 11.0 Å². The molecule has 0 saturated carbocycles. The summed E-state index contributed by atoms with van der Waals surface area (Å²) in [5.74, 6) is 0.659. The molecule has 0 aliphatic carbocycles. The summed E-state index contributed by atoms with van der Waals surface area (Å²) in [7, 11) is -2.93. The molecule has 86 valence electrons. The molecule has 0 radical (unpaired) electrons. The van der Waals surface area contributed by atoms with E-state index in [1.165, 1.54) is 0 Å². The highest BCUT2D eigenvalue weighted by atomic mass is 32.2. The maximum atomic E-state index is 11.5. The van der Waals surface area contributed by atoms with Gasteiger partial charge in [0.25, 0.3) is 0 Å². The number of aryl methyl sites for hydroxylation is 1. The second-order valence-electron chi connectivity index (χ2n) is 3.77. The van der Waals surface area contributed by atoms with Crippen molar-refractivity contribution in [2.24, 2.45) is 0 Å². The van der Waals surface area contributed by atoms with Gasteiger partial charge in [-0.3, -0.25) is 4.68 Å². The molecule has 0 aliphatic rings. The van der Waals surface area contributed by atoms with Crippen molar-refractivity contribution in [3.8, 4) is 0 Å². The molecule has 6 heteroatoms. The zero-order valence-corrected chi connectivity index (χ0v) is 9.87. The zero-order valence-electron chi connectivity index (χ0n) is 9.05. The minimum absolute atomic E-state index is 0.199. The predicted molar refractivity (Wildman–Crippen MR) is 60.2 cm³/mol. The number of aromatic nitrogens is 2. The van der Waals surface area contributed by atoms with Gasteiger partial charge in [0.1, 0.15) is 5.82 Å². The highest BCUT2D eigenvalue weighted by Crippen LogP contribution is 2.04. The van der Waals surface area contributed by atoms with Crippen molar-refractivity contribution in [1.82, 2.24) is 9.78 Å². The molecule has 0 unspecified atom stereocenters. The lowest BCUT2D eigenvalue weighted by Crippen LogP contribution is -2.18. The van der Waals surface area contributed by atoms with Crippen LogP contribution < -0.4 is 5.73 Å². The van der Waals surface area contributed by atoms with Crippen LogP contribution in [0.25, 0.3) is 0 Å². The van der Waals surface area contributed by atoms with Crippen molar-refractivity contribution in [2.75, 3.05) is 11.5 Å². The topological polar surface area (TPSA) is 78.0 Å². The molecule has 1 aromatic heterocycles. The lowest BCUT2D eigenvalue weighted by Gasteiger charge is -2.07. The Hall–Kier alpha value is -1.04. The molecule has 0 aromatic carbocycles. The molecule has 0 fully saturated rings. The van der Waals surface area contributed by atoms with E-state index < -0.39 is 9.84 Å². The second kappa shape index (κ2) is 4.65. The van der Waals surface area contributed by atoms with Crippen LogP contribution in [0.3, 0.4) is 0 Å². The summed E-state index contributed by atoms with van der Waals surface area (Å²) in [6.45, 7) is 3.98. The molecular formula is C9H17N3O2S. The number of nitrogens with zero attached hydrogens (tertiary/aromatic N) is 2. The summed E-state index contributed by atoms with van der Waals surface area (Å²) in [6, 6.07) is 1.69. The van der Waals surface area contributed by atoms with Gasteiger partial charge in [-0.1, -0.05) is 0 Å². The van der Waals surface area contributed by atoms with Gasteiger partial charge >= 0.3 is 0 Å². The van der Waals surface area contributed by atoms with E-state index in [4.69, 9.17) is 5.73 Å². The van der Waals surface area contributed by atoms with E-state index in [0.29, 0.717) is 18.8 Å². The summed E-state index contributed by atoms with van der Waals surface area (Å²) in [5, 5.41) is 3.67. The van der Waals surface area contributed by atoms with Gasteiger partial charge < -0.3 is 5.73 Å². The van der Waals surface area contributed by atoms with E-state index in [1.54, 1.807) is 30.8 Å². The van der Waals surface area contributed by atoms with Crippen LogP contribution in [-0.2, 0) is 16.4 Å². The molecule has 2 N–H and O–H groups in total. The zero-order chi connectivity index (χ0) is 11.5.